The van der Waals surface area contributed by atoms with Crippen molar-refractivity contribution in [3.63, 3.8) is 0 Å². The Labute approximate surface area is 404 Å². The van der Waals surface area contributed by atoms with Gasteiger partial charge in [-0.3, -0.25) is 24.2 Å². The first kappa shape index (κ1) is 51.5. The van der Waals surface area contributed by atoms with Crippen LogP contribution in [0.4, 0.5) is 10.5 Å². The predicted molar refractivity (Wildman–Crippen MR) is 255 cm³/mol. The van der Waals surface area contributed by atoms with Crippen LogP contribution in [0.3, 0.4) is 0 Å². The summed E-state index contributed by atoms with van der Waals surface area (Å²) in [6.45, 7) is 16.4. The van der Waals surface area contributed by atoms with Gasteiger partial charge in [0.1, 0.15) is 29.5 Å². The monoisotopic (exact) mass is 958 g/mol. The SMILES string of the molecule is CC[C@H]1OC(=O)[C@H](C)C(=O)[C@H](C)[C@@H](O[C@@H]2OC(Cn3cc(-c4ccccn4)nn3)[C@H](C)C(N)C2O)[C@](C)(OC)C[C@@H](C)CN[C@H](C)[C@H]2N(CCCCn3cc(-c4cccc(N)c4)nn3)C(=O)O[C@]12C. The van der Waals surface area contributed by atoms with Gasteiger partial charge in [-0.1, -0.05) is 56.3 Å². The molecule has 7 rings (SSSR count). The fraction of sp³-hybridized carbons (Fsp3) is 0.633. The molecule has 3 saturated heterocycles. The van der Waals surface area contributed by atoms with E-state index in [1.807, 2.05) is 83.3 Å². The van der Waals surface area contributed by atoms with E-state index in [2.05, 4.69) is 37.8 Å². The highest BCUT2D eigenvalue weighted by molar-refractivity contribution is 6.00. The number of carbonyl (C=O) groups excluding carboxylic acids is 3. The zero-order valence-corrected chi connectivity index (χ0v) is 41.3. The lowest BCUT2D eigenvalue weighted by atomic mass is 9.78. The van der Waals surface area contributed by atoms with E-state index in [0.717, 1.165) is 5.56 Å². The molecule has 1 aromatic carbocycles. The Morgan fingerprint density at radius 2 is 1.67 bits per heavy atom. The quantitative estimate of drug-likeness (QED) is 0.0632. The number of nitrogens with two attached hydrogens (primary N) is 2. The number of anilines is 1. The lowest BCUT2D eigenvalue weighted by Gasteiger charge is -2.47. The Hall–Kier alpha value is -5.38. The van der Waals surface area contributed by atoms with Gasteiger partial charge in [0.05, 0.1) is 48.5 Å². The van der Waals surface area contributed by atoms with Crippen LogP contribution in [0.5, 0.6) is 0 Å². The maximum atomic E-state index is 14.6. The van der Waals surface area contributed by atoms with Crippen LogP contribution >= 0.6 is 0 Å². The van der Waals surface area contributed by atoms with E-state index in [-0.39, 0.29) is 24.4 Å². The van der Waals surface area contributed by atoms with Gasteiger partial charge in [-0.15, -0.1) is 10.2 Å². The van der Waals surface area contributed by atoms with E-state index in [1.54, 1.807) is 40.7 Å². The summed E-state index contributed by atoms with van der Waals surface area (Å²) in [4.78, 5) is 48.9. The molecule has 14 atom stereocenters. The number of aliphatic hydroxyl groups excluding tert-OH is 1. The second kappa shape index (κ2) is 21.7. The van der Waals surface area contributed by atoms with Crippen molar-refractivity contribution in [1.29, 1.82) is 0 Å². The predicted octanol–water partition coefficient (Wildman–Crippen LogP) is 4.26. The fourth-order valence-corrected chi connectivity index (χ4v) is 10.4. The van der Waals surface area contributed by atoms with Gasteiger partial charge in [0, 0.05) is 61.6 Å². The van der Waals surface area contributed by atoms with Crippen molar-refractivity contribution in [2.45, 2.75) is 154 Å². The highest BCUT2D eigenvalue weighted by atomic mass is 16.7. The van der Waals surface area contributed by atoms with Crippen LogP contribution < -0.4 is 16.8 Å². The number of cyclic esters (lactones) is 1. The molecular formula is C49H71N11O9. The first-order valence-corrected chi connectivity index (χ1v) is 24.2. The molecule has 4 aromatic rings. The van der Waals surface area contributed by atoms with Gasteiger partial charge < -0.3 is 45.6 Å². The minimum Gasteiger partial charge on any atom is -0.458 e. The third kappa shape index (κ3) is 11.2. The van der Waals surface area contributed by atoms with Gasteiger partial charge in [0.15, 0.2) is 17.7 Å². The summed E-state index contributed by atoms with van der Waals surface area (Å²) >= 11 is 0. The van der Waals surface area contributed by atoms with E-state index in [1.165, 1.54) is 6.92 Å². The van der Waals surface area contributed by atoms with Crippen LogP contribution in [0.2, 0.25) is 0 Å². The summed E-state index contributed by atoms with van der Waals surface area (Å²) in [5.74, 6) is -3.85. The van der Waals surface area contributed by atoms with Crippen molar-refractivity contribution in [3.05, 3.63) is 61.1 Å². The molecule has 0 aliphatic carbocycles. The number of methoxy groups -OCH3 is 1. The topological polar surface area (TPSA) is 259 Å². The molecular weight excluding hydrogens is 887 g/mol. The second-order valence-electron chi connectivity index (χ2n) is 19.7. The van der Waals surface area contributed by atoms with Crippen LogP contribution in [-0.4, -0.2) is 143 Å². The molecule has 0 bridgehead atoms. The van der Waals surface area contributed by atoms with E-state index in [9.17, 15) is 19.5 Å². The van der Waals surface area contributed by atoms with Crippen molar-refractivity contribution >= 4 is 23.5 Å². The van der Waals surface area contributed by atoms with Gasteiger partial charge in [-0.2, -0.15) is 0 Å². The first-order chi connectivity index (χ1) is 32.9. The number of ketones is 1. The van der Waals surface area contributed by atoms with Gasteiger partial charge in [0.25, 0.3) is 0 Å². The zero-order valence-electron chi connectivity index (χ0n) is 41.3. The van der Waals surface area contributed by atoms with E-state index >= 15 is 0 Å². The molecule has 20 nitrogen and oxygen atoms in total. The number of rotatable bonds is 13. The lowest BCUT2D eigenvalue weighted by Crippen LogP contribution is -2.62. The van der Waals surface area contributed by atoms with E-state index in [0.29, 0.717) is 68.1 Å². The number of aliphatic hydroxyl groups is 1. The van der Waals surface area contributed by atoms with Crippen molar-refractivity contribution in [2.75, 3.05) is 25.9 Å². The number of nitrogens with zero attached hydrogens (tertiary/aromatic N) is 8. The van der Waals surface area contributed by atoms with Crippen molar-refractivity contribution in [3.8, 4) is 22.6 Å². The molecule has 376 valence electrons. The molecule has 1 amide bonds. The van der Waals surface area contributed by atoms with Gasteiger partial charge in [-0.25, -0.2) is 9.48 Å². The Bertz CT molecular complexity index is 2370. The fourth-order valence-electron chi connectivity index (χ4n) is 10.4. The number of pyridine rings is 1. The van der Waals surface area contributed by atoms with Crippen LogP contribution in [0.25, 0.3) is 22.6 Å². The van der Waals surface area contributed by atoms with Crippen molar-refractivity contribution < 1.29 is 43.2 Å². The number of unbranched alkanes of at least 4 members (excludes halogenated alkanes) is 1. The summed E-state index contributed by atoms with van der Waals surface area (Å²) in [5, 5.41) is 32.5. The number of nitrogens with one attached hydrogen (secondary N) is 1. The standard InChI is InChI=1S/C49H71N11O9/c1-10-39-49(8)43(60(47(64)69-49)21-14-13-20-58-25-36(54-56-58)33-16-15-17-34(50)22-33)32(6)53-24-28(2)23-48(7,65-9)44(30(4)41(61)31(5)45(63)67-39)68-46-42(62)40(51)29(3)38(66-46)27-59-26-37(55-57-59)35-18-11-12-19-52-35/h11-12,15-19,22,25-26,28-32,38-40,42-44,46,53,62H,10,13-14,20-21,23-24,27,50-51H2,1-9H3/t28-,29+,30+,31-,32-,38?,39-,40?,42?,43-,44-,46+,48-,49-/m1/s1. The van der Waals surface area contributed by atoms with E-state index < -0.39 is 83.7 Å². The van der Waals surface area contributed by atoms with Gasteiger partial charge in [0.2, 0.25) is 0 Å². The molecule has 6 N–H and O–H groups in total. The Morgan fingerprint density at radius 3 is 2.38 bits per heavy atom. The highest BCUT2D eigenvalue weighted by Crippen LogP contribution is 2.40. The number of aryl methyl sites for hydroxylation is 1. The molecule has 3 aliphatic rings. The number of esters is 1. The Kier molecular flexibility index (Phi) is 16.2. The Morgan fingerprint density at radius 1 is 0.942 bits per heavy atom. The number of aromatic nitrogens is 7. The molecule has 3 aliphatic heterocycles. The maximum absolute atomic E-state index is 14.6. The van der Waals surface area contributed by atoms with Gasteiger partial charge >= 0.3 is 12.1 Å². The average molecular weight is 958 g/mol. The van der Waals surface area contributed by atoms with Gasteiger partial charge in [-0.05, 0) is 90.1 Å². The maximum Gasteiger partial charge on any atom is 0.410 e. The third-order valence-electron chi connectivity index (χ3n) is 14.5. The minimum absolute atomic E-state index is 0.0846. The number of carbonyl (C=O) groups is 3. The smallest absolute Gasteiger partial charge is 0.410 e. The number of ether oxygens (including phenoxy) is 5. The molecule has 0 radical (unpaired) electrons. The van der Waals surface area contributed by atoms with Crippen LogP contribution in [0.1, 0.15) is 81.1 Å². The van der Waals surface area contributed by atoms with Crippen LogP contribution in [0, 0.1) is 23.7 Å². The molecule has 0 saturated carbocycles. The number of hydrogen-bond donors (Lipinski definition) is 4. The largest absolute Gasteiger partial charge is 0.458 e. The number of Topliss-reactive ketones (excluding diaryl/α,β-unsaturated/α-hetero) is 1. The number of benzene rings is 1. The van der Waals surface area contributed by atoms with Crippen molar-refractivity contribution in [2.24, 2.45) is 29.4 Å². The summed E-state index contributed by atoms with van der Waals surface area (Å²) in [5.41, 5.74) is 13.7. The molecule has 6 heterocycles. The molecule has 0 spiro atoms. The lowest BCUT2D eigenvalue weighted by molar-refractivity contribution is -0.301. The number of amides is 1. The summed E-state index contributed by atoms with van der Waals surface area (Å²) in [6, 6.07) is 11.3. The molecule has 20 heteroatoms. The second-order valence-corrected chi connectivity index (χ2v) is 19.7. The normalized spacial score (nSPS) is 33.8. The summed E-state index contributed by atoms with van der Waals surface area (Å²) in [6.07, 6.45) is 1.78. The van der Waals surface area contributed by atoms with Crippen molar-refractivity contribution in [1.82, 2.24) is 45.2 Å². The van der Waals surface area contributed by atoms with Crippen LogP contribution in [0.15, 0.2) is 61.1 Å². The van der Waals surface area contributed by atoms with Crippen LogP contribution in [-0.2, 0) is 46.4 Å². The number of hydrogen-bond acceptors (Lipinski definition) is 17. The number of fused-ring (bicyclic) bond motifs is 1. The first-order valence-electron chi connectivity index (χ1n) is 24.2. The molecule has 3 unspecified atom stereocenters. The van der Waals surface area contributed by atoms with E-state index in [4.69, 9.17) is 35.2 Å². The average Bonchev–Trinajstić information content (AvgIpc) is 4.08. The third-order valence-corrected chi connectivity index (χ3v) is 14.5. The summed E-state index contributed by atoms with van der Waals surface area (Å²) in [7, 11) is 1.55. The zero-order chi connectivity index (χ0) is 49.8. The molecule has 3 fully saturated rings. The number of nitrogen functional groups attached to an aromatic ring is 1. The minimum atomic E-state index is -1.28. The molecule has 69 heavy (non-hydrogen) atoms. The molecule has 3 aromatic heterocycles. The highest BCUT2D eigenvalue weighted by Gasteiger charge is 2.59. The Balaban J connectivity index is 1.09. The summed E-state index contributed by atoms with van der Waals surface area (Å²) < 4.78 is 35.5.